The molecule has 1 N–H and O–H groups in total. The summed E-state index contributed by atoms with van der Waals surface area (Å²) in [5.41, 5.74) is 2.51. The van der Waals surface area contributed by atoms with Gasteiger partial charge in [0.15, 0.2) is 11.5 Å². The smallest absolute Gasteiger partial charge is 0.224 e. The second-order valence-electron chi connectivity index (χ2n) is 6.05. The first-order valence-electron chi connectivity index (χ1n) is 7.98. The second-order valence-corrected chi connectivity index (χ2v) is 6.05. The third kappa shape index (κ3) is 3.87. The molecule has 1 aliphatic heterocycles. The highest BCUT2D eigenvalue weighted by molar-refractivity contribution is 5.79. The van der Waals surface area contributed by atoms with E-state index in [1.807, 2.05) is 37.3 Å². The molecule has 3 rings (SSSR count). The number of aromatic nitrogens is 2. The van der Waals surface area contributed by atoms with Gasteiger partial charge in [-0.15, -0.1) is 10.2 Å². The lowest BCUT2D eigenvalue weighted by molar-refractivity contribution is -0.121. The van der Waals surface area contributed by atoms with E-state index in [9.17, 15) is 4.79 Å². The minimum absolute atomic E-state index is 0.0385. The van der Waals surface area contributed by atoms with Crippen LogP contribution >= 0.6 is 0 Å². The van der Waals surface area contributed by atoms with Crippen LogP contribution in [0, 0.1) is 18.3 Å². The largest absolute Gasteiger partial charge is 0.353 e. The Balaban J connectivity index is 1.52. The number of hydrogen-bond acceptors (Lipinski definition) is 5. The van der Waals surface area contributed by atoms with Gasteiger partial charge in [-0.3, -0.25) is 4.79 Å². The molecule has 0 spiro atoms. The first kappa shape index (κ1) is 15.9. The van der Waals surface area contributed by atoms with Gasteiger partial charge in [-0.05, 0) is 31.0 Å². The molecule has 1 saturated heterocycles. The van der Waals surface area contributed by atoms with Crippen LogP contribution in [0.1, 0.15) is 23.2 Å². The lowest BCUT2D eigenvalue weighted by Gasteiger charge is -2.17. The van der Waals surface area contributed by atoms with Crippen molar-refractivity contribution in [2.75, 3.05) is 18.0 Å². The monoisotopic (exact) mass is 321 g/mol. The fourth-order valence-electron chi connectivity index (χ4n) is 2.81. The number of aryl methyl sites for hydroxylation is 1. The summed E-state index contributed by atoms with van der Waals surface area (Å²) < 4.78 is 0. The van der Waals surface area contributed by atoms with E-state index < -0.39 is 0 Å². The lowest BCUT2D eigenvalue weighted by Crippen LogP contribution is -2.38. The number of carbonyl (C=O) groups is 1. The Morgan fingerprint density at radius 3 is 2.75 bits per heavy atom. The molecule has 0 radical (unpaired) electrons. The molecule has 1 aromatic carbocycles. The lowest BCUT2D eigenvalue weighted by atomic mass is 10.1. The number of benzene rings is 1. The molecular formula is C18H19N5O. The van der Waals surface area contributed by atoms with E-state index in [1.54, 1.807) is 12.1 Å². The van der Waals surface area contributed by atoms with Gasteiger partial charge in [-0.25, -0.2) is 0 Å². The molecule has 1 aromatic heterocycles. The van der Waals surface area contributed by atoms with Crippen molar-refractivity contribution >= 4 is 11.7 Å². The van der Waals surface area contributed by atoms with Crippen LogP contribution in [0.4, 0.5) is 5.82 Å². The summed E-state index contributed by atoms with van der Waals surface area (Å²) in [5, 5.41) is 19.8. The van der Waals surface area contributed by atoms with Gasteiger partial charge in [0, 0.05) is 19.1 Å². The summed E-state index contributed by atoms with van der Waals surface area (Å²) in [7, 11) is 0. The molecule has 0 unspecified atom stereocenters. The molecule has 1 atom stereocenters. The molecule has 0 saturated carbocycles. The van der Waals surface area contributed by atoms with E-state index in [2.05, 4.69) is 20.4 Å². The summed E-state index contributed by atoms with van der Waals surface area (Å²) >= 11 is 0. The number of nitrogens with zero attached hydrogens (tertiary/aromatic N) is 4. The van der Waals surface area contributed by atoms with E-state index in [1.165, 1.54) is 5.56 Å². The fourth-order valence-corrected chi connectivity index (χ4v) is 2.81. The van der Waals surface area contributed by atoms with Gasteiger partial charge < -0.3 is 10.2 Å². The predicted molar refractivity (Wildman–Crippen MR) is 90.4 cm³/mol. The molecule has 1 aliphatic rings. The number of nitrogens with one attached hydrogen (secondary N) is 1. The summed E-state index contributed by atoms with van der Waals surface area (Å²) in [6.45, 7) is 3.55. The van der Waals surface area contributed by atoms with Crippen LogP contribution < -0.4 is 10.2 Å². The van der Waals surface area contributed by atoms with Crippen LogP contribution in [0.2, 0.25) is 0 Å². The molecule has 6 nitrogen and oxygen atoms in total. The van der Waals surface area contributed by atoms with Gasteiger partial charge >= 0.3 is 0 Å². The molecule has 1 fully saturated rings. The summed E-state index contributed by atoms with van der Waals surface area (Å²) in [6.07, 6.45) is 1.27. The maximum Gasteiger partial charge on any atom is 0.224 e. The van der Waals surface area contributed by atoms with Gasteiger partial charge in [0.1, 0.15) is 6.07 Å². The molecule has 2 heterocycles. The Labute approximate surface area is 141 Å². The maximum absolute atomic E-state index is 12.2. The maximum atomic E-state index is 12.2. The van der Waals surface area contributed by atoms with E-state index in [0.717, 1.165) is 24.3 Å². The molecule has 1 amide bonds. The highest BCUT2D eigenvalue weighted by Gasteiger charge is 2.25. The molecule has 0 aliphatic carbocycles. The first-order valence-corrected chi connectivity index (χ1v) is 7.98. The van der Waals surface area contributed by atoms with Gasteiger partial charge in [0.05, 0.1) is 6.42 Å². The Hall–Kier alpha value is -2.94. The number of hydrogen-bond donors (Lipinski definition) is 1. The fraction of sp³-hybridized carbons (Fsp3) is 0.333. The summed E-state index contributed by atoms with van der Waals surface area (Å²) in [4.78, 5) is 14.3. The van der Waals surface area contributed by atoms with Gasteiger partial charge in [0.2, 0.25) is 5.91 Å². The highest BCUT2D eigenvalue weighted by atomic mass is 16.1. The topological polar surface area (TPSA) is 81.9 Å². The van der Waals surface area contributed by atoms with Gasteiger partial charge in [-0.2, -0.15) is 5.26 Å². The Morgan fingerprint density at radius 1 is 1.29 bits per heavy atom. The van der Waals surface area contributed by atoms with Crippen molar-refractivity contribution in [3.63, 3.8) is 0 Å². The predicted octanol–water partition coefficient (Wildman–Crippen LogP) is 1.59. The zero-order valence-corrected chi connectivity index (χ0v) is 13.6. The Kier molecular flexibility index (Phi) is 4.71. The van der Waals surface area contributed by atoms with Crippen molar-refractivity contribution in [1.29, 1.82) is 5.26 Å². The van der Waals surface area contributed by atoms with E-state index in [0.29, 0.717) is 18.7 Å². The van der Waals surface area contributed by atoms with Crippen LogP contribution in [-0.2, 0) is 11.2 Å². The number of anilines is 1. The first-order chi connectivity index (χ1) is 11.6. The summed E-state index contributed by atoms with van der Waals surface area (Å²) in [6, 6.07) is 13.5. The van der Waals surface area contributed by atoms with Crippen LogP contribution in [0.25, 0.3) is 0 Å². The van der Waals surface area contributed by atoms with E-state index in [4.69, 9.17) is 5.26 Å². The minimum atomic E-state index is 0.0385. The van der Waals surface area contributed by atoms with Crippen LogP contribution in [0.3, 0.4) is 0 Å². The minimum Gasteiger partial charge on any atom is -0.353 e. The quantitative estimate of drug-likeness (QED) is 0.925. The van der Waals surface area contributed by atoms with E-state index >= 15 is 0 Å². The van der Waals surface area contributed by atoms with Crippen molar-refractivity contribution in [2.24, 2.45) is 0 Å². The van der Waals surface area contributed by atoms with E-state index in [-0.39, 0.29) is 11.9 Å². The molecule has 24 heavy (non-hydrogen) atoms. The average Bonchev–Trinajstić information content (AvgIpc) is 3.05. The third-order valence-corrected chi connectivity index (χ3v) is 4.13. The molecule has 0 bridgehead atoms. The SMILES string of the molecule is Cc1ccc(CC(=O)N[C@H]2CCN(c3ccc(C#N)nn3)C2)cc1. The Morgan fingerprint density at radius 2 is 2.08 bits per heavy atom. The number of rotatable bonds is 4. The zero-order valence-electron chi connectivity index (χ0n) is 13.6. The second kappa shape index (κ2) is 7.09. The van der Waals surface area contributed by atoms with Crippen molar-refractivity contribution in [3.05, 3.63) is 53.2 Å². The van der Waals surface area contributed by atoms with Crippen molar-refractivity contribution in [3.8, 4) is 6.07 Å². The Bertz CT molecular complexity index is 748. The van der Waals surface area contributed by atoms with Crippen molar-refractivity contribution in [1.82, 2.24) is 15.5 Å². The zero-order chi connectivity index (χ0) is 16.9. The summed E-state index contributed by atoms with van der Waals surface area (Å²) in [5.74, 6) is 0.779. The average molecular weight is 321 g/mol. The van der Waals surface area contributed by atoms with Crippen LogP contribution in [-0.4, -0.2) is 35.2 Å². The van der Waals surface area contributed by atoms with Crippen LogP contribution in [0.15, 0.2) is 36.4 Å². The van der Waals surface area contributed by atoms with Crippen molar-refractivity contribution < 1.29 is 4.79 Å². The normalized spacial score (nSPS) is 16.7. The number of carbonyl (C=O) groups excluding carboxylic acids is 1. The van der Waals surface area contributed by atoms with Crippen molar-refractivity contribution in [2.45, 2.75) is 25.8 Å². The molecule has 6 heteroatoms. The highest BCUT2D eigenvalue weighted by Crippen LogP contribution is 2.17. The van der Waals surface area contributed by atoms with Gasteiger partial charge in [-0.1, -0.05) is 29.8 Å². The molecule has 122 valence electrons. The molecule has 2 aromatic rings. The molecular weight excluding hydrogens is 302 g/mol. The third-order valence-electron chi connectivity index (χ3n) is 4.13. The number of nitriles is 1. The van der Waals surface area contributed by atoms with Gasteiger partial charge in [0.25, 0.3) is 0 Å². The van der Waals surface area contributed by atoms with Crippen LogP contribution in [0.5, 0.6) is 0 Å². The number of amides is 1. The standard InChI is InChI=1S/C18H19N5O/c1-13-2-4-14(5-3-13)10-18(24)20-16-8-9-23(12-16)17-7-6-15(11-19)21-22-17/h2-7,16H,8-10,12H2,1H3,(H,20,24)/t16-/m0/s1.